The maximum absolute atomic E-state index is 11.3. The molecule has 1 N–H and O–H groups in total. The highest BCUT2D eigenvalue weighted by Crippen LogP contribution is 2.08. The van der Waals surface area contributed by atoms with Crippen molar-refractivity contribution in [2.45, 2.75) is 39.4 Å². The molecule has 0 saturated heterocycles. The number of carbonyl (C=O) groups excluding carboxylic acids is 2. The third-order valence-corrected chi connectivity index (χ3v) is 1.40. The zero-order valence-corrected chi connectivity index (χ0v) is 10.1. The Morgan fingerprint density at radius 3 is 2.12 bits per heavy atom. The van der Waals surface area contributed by atoms with Crippen molar-refractivity contribution in [3.8, 4) is 0 Å². The molecule has 0 heterocycles. The smallest absolute Gasteiger partial charge is 0.434 e. The van der Waals surface area contributed by atoms with E-state index in [4.69, 9.17) is 4.74 Å². The van der Waals surface area contributed by atoms with Crippen molar-refractivity contribution >= 4 is 17.8 Å². The fourth-order valence-corrected chi connectivity index (χ4v) is 0.797. The third kappa shape index (κ3) is 5.45. The number of nitrogens with zero attached hydrogens (tertiary/aromatic N) is 1. The Morgan fingerprint density at radius 1 is 1.31 bits per heavy atom. The zero-order chi connectivity index (χ0) is 12.9. The number of ether oxygens (including phenoxy) is 2. The fourth-order valence-electron chi connectivity index (χ4n) is 0.797. The zero-order valence-electron chi connectivity index (χ0n) is 10.1. The van der Waals surface area contributed by atoms with Crippen molar-refractivity contribution < 1.29 is 24.2 Å². The molecular formula is C10H17NO5. The van der Waals surface area contributed by atoms with Gasteiger partial charge >= 0.3 is 12.1 Å². The summed E-state index contributed by atoms with van der Waals surface area (Å²) in [5.74, 6) is -0.860. The number of hydrogen-bond acceptors (Lipinski definition) is 5. The first-order chi connectivity index (χ1) is 7.17. The molecule has 92 valence electrons. The number of aliphatic imine (C=N–C) groups is 1. The van der Waals surface area contributed by atoms with Crippen molar-refractivity contribution in [3.05, 3.63) is 0 Å². The SMILES string of the molecule is COC(=O)C(=NC(=O)OC(C)(C)C)[C@@H](C)O. The van der Waals surface area contributed by atoms with E-state index < -0.39 is 23.8 Å². The van der Waals surface area contributed by atoms with Crippen molar-refractivity contribution in [1.29, 1.82) is 0 Å². The summed E-state index contributed by atoms with van der Waals surface area (Å²) in [5, 5.41) is 9.22. The first-order valence-corrected chi connectivity index (χ1v) is 4.75. The summed E-state index contributed by atoms with van der Waals surface area (Å²) in [6, 6.07) is 0. The molecule has 16 heavy (non-hydrogen) atoms. The Hall–Kier alpha value is -1.43. The van der Waals surface area contributed by atoms with Gasteiger partial charge in [0.1, 0.15) is 11.7 Å². The minimum Gasteiger partial charge on any atom is -0.464 e. The van der Waals surface area contributed by atoms with Gasteiger partial charge in [-0.1, -0.05) is 0 Å². The van der Waals surface area contributed by atoms with Crippen LogP contribution in [0.25, 0.3) is 0 Å². The Bertz CT molecular complexity index is 301. The molecule has 0 rings (SSSR count). The average Bonchev–Trinajstić information content (AvgIpc) is 2.09. The molecule has 0 saturated carbocycles. The minimum atomic E-state index is -1.19. The van der Waals surface area contributed by atoms with Crippen LogP contribution in [0.5, 0.6) is 0 Å². The topological polar surface area (TPSA) is 85.2 Å². The molecule has 0 radical (unpaired) electrons. The molecule has 0 aromatic heterocycles. The predicted octanol–water partition coefficient (Wildman–Crippen LogP) is 0.916. The summed E-state index contributed by atoms with van der Waals surface area (Å²) in [6.07, 6.45) is -2.13. The molecule has 0 aliphatic heterocycles. The van der Waals surface area contributed by atoms with Crippen LogP contribution in [0.1, 0.15) is 27.7 Å². The molecule has 1 amide bonds. The number of carbonyl (C=O) groups is 2. The quantitative estimate of drug-likeness (QED) is 0.564. The Balaban J connectivity index is 4.81. The molecule has 0 aliphatic carbocycles. The van der Waals surface area contributed by atoms with Crippen LogP contribution in [0.15, 0.2) is 4.99 Å². The Morgan fingerprint density at radius 2 is 1.81 bits per heavy atom. The van der Waals surface area contributed by atoms with Gasteiger partial charge in [0.2, 0.25) is 0 Å². The Kier molecular flexibility index (Phi) is 5.10. The third-order valence-electron chi connectivity index (χ3n) is 1.40. The lowest BCUT2D eigenvalue weighted by atomic mass is 10.2. The summed E-state index contributed by atoms with van der Waals surface area (Å²) in [6.45, 7) is 6.31. The van der Waals surface area contributed by atoms with E-state index in [9.17, 15) is 14.7 Å². The van der Waals surface area contributed by atoms with Gasteiger partial charge in [0.15, 0.2) is 5.71 Å². The monoisotopic (exact) mass is 231 g/mol. The van der Waals surface area contributed by atoms with Crippen molar-refractivity contribution in [2.24, 2.45) is 4.99 Å². The summed E-state index contributed by atoms with van der Waals surface area (Å²) < 4.78 is 9.23. The normalized spacial score (nSPS) is 14.2. The lowest BCUT2D eigenvalue weighted by Crippen LogP contribution is -2.30. The second-order valence-electron chi connectivity index (χ2n) is 4.14. The first kappa shape index (κ1) is 14.6. The van der Waals surface area contributed by atoms with Crippen molar-refractivity contribution in [1.82, 2.24) is 0 Å². The van der Waals surface area contributed by atoms with Gasteiger partial charge in [-0.2, -0.15) is 4.99 Å². The minimum absolute atomic E-state index is 0.378. The molecular weight excluding hydrogens is 214 g/mol. The largest absolute Gasteiger partial charge is 0.464 e. The van der Waals surface area contributed by atoms with E-state index >= 15 is 0 Å². The molecule has 0 aromatic rings. The van der Waals surface area contributed by atoms with Crippen molar-refractivity contribution in [2.75, 3.05) is 7.11 Å². The number of methoxy groups -OCH3 is 1. The van der Waals surface area contributed by atoms with Crippen molar-refractivity contribution in [3.63, 3.8) is 0 Å². The van der Waals surface area contributed by atoms with Crippen LogP contribution in [-0.4, -0.2) is 41.7 Å². The van der Waals surface area contributed by atoms with Gasteiger partial charge in [-0.05, 0) is 27.7 Å². The number of aliphatic hydroxyl groups excluding tert-OH is 1. The van der Waals surface area contributed by atoms with E-state index in [-0.39, 0.29) is 5.71 Å². The van der Waals surface area contributed by atoms with Crippen LogP contribution in [0.4, 0.5) is 4.79 Å². The van der Waals surface area contributed by atoms with Crippen LogP contribution < -0.4 is 0 Å². The molecule has 0 fully saturated rings. The van der Waals surface area contributed by atoms with Gasteiger partial charge in [0.25, 0.3) is 0 Å². The lowest BCUT2D eigenvalue weighted by molar-refractivity contribution is -0.133. The van der Waals surface area contributed by atoms with Gasteiger partial charge in [-0.15, -0.1) is 0 Å². The van der Waals surface area contributed by atoms with E-state index in [1.54, 1.807) is 20.8 Å². The molecule has 0 bridgehead atoms. The van der Waals surface area contributed by atoms with Crippen LogP contribution in [0.2, 0.25) is 0 Å². The summed E-state index contributed by atoms with van der Waals surface area (Å²) >= 11 is 0. The van der Waals surface area contributed by atoms with Crippen LogP contribution >= 0.6 is 0 Å². The molecule has 0 unspecified atom stereocenters. The van der Waals surface area contributed by atoms with Gasteiger partial charge in [0, 0.05) is 0 Å². The standard InChI is InChI=1S/C10H17NO5/c1-6(12)7(8(13)15-5)11-9(14)16-10(2,3)4/h6,12H,1-5H3/t6-/m1/s1. The molecule has 0 spiro atoms. The molecule has 6 heteroatoms. The van der Waals surface area contributed by atoms with Gasteiger partial charge in [0.05, 0.1) is 7.11 Å². The lowest BCUT2D eigenvalue weighted by Gasteiger charge is -2.17. The van der Waals surface area contributed by atoms with E-state index in [1.165, 1.54) is 6.92 Å². The molecule has 0 aliphatic rings. The Labute approximate surface area is 94.3 Å². The predicted molar refractivity (Wildman–Crippen MR) is 57.4 cm³/mol. The number of rotatable bonds is 2. The second kappa shape index (κ2) is 5.60. The number of aliphatic hydroxyl groups is 1. The average molecular weight is 231 g/mol. The van der Waals surface area contributed by atoms with E-state index in [0.717, 1.165) is 7.11 Å². The summed E-state index contributed by atoms with van der Waals surface area (Å²) in [7, 11) is 1.13. The maximum Gasteiger partial charge on any atom is 0.434 e. The van der Waals surface area contributed by atoms with Crippen LogP contribution in [0, 0.1) is 0 Å². The van der Waals surface area contributed by atoms with E-state index in [0.29, 0.717) is 0 Å². The number of amides is 1. The van der Waals surface area contributed by atoms with E-state index in [2.05, 4.69) is 9.73 Å². The highest BCUT2D eigenvalue weighted by molar-refractivity contribution is 6.39. The number of esters is 1. The van der Waals surface area contributed by atoms with E-state index in [1.807, 2.05) is 0 Å². The second-order valence-corrected chi connectivity index (χ2v) is 4.14. The summed E-state index contributed by atoms with van der Waals surface area (Å²) in [4.78, 5) is 25.8. The van der Waals surface area contributed by atoms with Gasteiger partial charge in [-0.3, -0.25) is 0 Å². The first-order valence-electron chi connectivity index (χ1n) is 4.75. The maximum atomic E-state index is 11.3. The number of hydrogen-bond donors (Lipinski definition) is 1. The van der Waals surface area contributed by atoms with Gasteiger partial charge in [-0.25, -0.2) is 9.59 Å². The summed E-state index contributed by atoms with van der Waals surface area (Å²) in [5.41, 5.74) is -1.09. The highest BCUT2D eigenvalue weighted by atomic mass is 16.6. The molecule has 1 atom stereocenters. The molecule has 6 nitrogen and oxygen atoms in total. The van der Waals surface area contributed by atoms with Crippen LogP contribution in [0.3, 0.4) is 0 Å². The van der Waals surface area contributed by atoms with Crippen LogP contribution in [-0.2, 0) is 14.3 Å². The molecule has 0 aromatic carbocycles. The highest BCUT2D eigenvalue weighted by Gasteiger charge is 2.22. The van der Waals surface area contributed by atoms with Gasteiger partial charge < -0.3 is 14.6 Å². The fraction of sp³-hybridized carbons (Fsp3) is 0.700.